The maximum Gasteiger partial charge on any atom is 0.279 e. The molecule has 114 valence electrons. The second-order valence-electron chi connectivity index (χ2n) is 5.50. The summed E-state index contributed by atoms with van der Waals surface area (Å²) in [6.07, 6.45) is 5.21. The molecule has 2 unspecified atom stereocenters. The summed E-state index contributed by atoms with van der Waals surface area (Å²) in [5.41, 5.74) is 0. The molecule has 5 nitrogen and oxygen atoms in total. The summed E-state index contributed by atoms with van der Waals surface area (Å²) >= 11 is 0. The normalized spacial score (nSPS) is 29.1. The third-order valence-electron chi connectivity index (χ3n) is 4.05. The summed E-state index contributed by atoms with van der Waals surface area (Å²) in [6, 6.07) is 0.143. The summed E-state index contributed by atoms with van der Waals surface area (Å²) in [7, 11) is -3.26. The first kappa shape index (κ1) is 17.2. The van der Waals surface area contributed by atoms with Gasteiger partial charge in [-0.2, -0.15) is 12.7 Å². The van der Waals surface area contributed by atoms with Crippen molar-refractivity contribution >= 4 is 22.6 Å². The number of nitrogens with zero attached hydrogens (tertiary/aromatic N) is 1. The summed E-state index contributed by atoms with van der Waals surface area (Å²) in [5.74, 6) is 0.631. The Kier molecular flexibility index (Phi) is 7.04. The zero-order chi connectivity index (χ0) is 13.0. The van der Waals surface area contributed by atoms with E-state index in [-0.39, 0.29) is 18.4 Å². The van der Waals surface area contributed by atoms with E-state index in [1.165, 1.54) is 6.42 Å². The van der Waals surface area contributed by atoms with Gasteiger partial charge in [0.2, 0.25) is 0 Å². The van der Waals surface area contributed by atoms with Crippen LogP contribution in [0.1, 0.15) is 39.0 Å². The highest BCUT2D eigenvalue weighted by Crippen LogP contribution is 2.19. The smallest absolute Gasteiger partial charge is 0.279 e. The van der Waals surface area contributed by atoms with Gasteiger partial charge in [-0.25, -0.2) is 4.72 Å². The van der Waals surface area contributed by atoms with E-state index in [9.17, 15) is 8.42 Å². The summed E-state index contributed by atoms with van der Waals surface area (Å²) < 4.78 is 28.7. The molecule has 0 spiro atoms. The maximum atomic E-state index is 12.2. The van der Waals surface area contributed by atoms with Crippen molar-refractivity contribution in [2.45, 2.75) is 45.1 Å². The Morgan fingerprint density at radius 2 is 2.11 bits per heavy atom. The van der Waals surface area contributed by atoms with E-state index in [2.05, 4.69) is 10.0 Å². The first-order chi connectivity index (χ1) is 8.59. The van der Waals surface area contributed by atoms with Crippen LogP contribution in [0.25, 0.3) is 0 Å². The molecule has 2 atom stereocenters. The van der Waals surface area contributed by atoms with E-state index < -0.39 is 10.2 Å². The first-order valence-corrected chi connectivity index (χ1v) is 8.51. The molecule has 2 rings (SSSR count). The van der Waals surface area contributed by atoms with Crippen molar-refractivity contribution in [3.8, 4) is 0 Å². The average Bonchev–Trinajstić information content (AvgIpc) is 2.82. The zero-order valence-electron chi connectivity index (χ0n) is 11.6. The van der Waals surface area contributed by atoms with E-state index in [0.29, 0.717) is 19.0 Å². The van der Waals surface area contributed by atoms with Crippen LogP contribution in [-0.2, 0) is 10.2 Å². The van der Waals surface area contributed by atoms with Crippen LogP contribution in [0.4, 0.5) is 0 Å². The highest BCUT2D eigenvalue weighted by atomic mass is 35.5. The van der Waals surface area contributed by atoms with Crippen LogP contribution < -0.4 is 10.0 Å². The van der Waals surface area contributed by atoms with Crippen molar-refractivity contribution in [3.05, 3.63) is 0 Å². The second kappa shape index (κ2) is 7.78. The molecule has 2 aliphatic heterocycles. The molecular formula is C12H26ClN3O2S. The lowest BCUT2D eigenvalue weighted by Crippen LogP contribution is -2.48. The van der Waals surface area contributed by atoms with Gasteiger partial charge in [-0.3, -0.25) is 0 Å². The quantitative estimate of drug-likeness (QED) is 0.800. The van der Waals surface area contributed by atoms with Crippen molar-refractivity contribution < 1.29 is 8.42 Å². The SMILES string of the molecule is CC1CCCCN1S(=O)(=O)NCCC1CCNC1.Cl. The Morgan fingerprint density at radius 1 is 1.32 bits per heavy atom. The maximum absolute atomic E-state index is 12.2. The molecule has 0 aliphatic carbocycles. The third-order valence-corrected chi connectivity index (χ3v) is 5.78. The average molecular weight is 312 g/mol. The van der Waals surface area contributed by atoms with Crippen molar-refractivity contribution in [1.82, 2.24) is 14.3 Å². The largest absolute Gasteiger partial charge is 0.316 e. The van der Waals surface area contributed by atoms with E-state index in [0.717, 1.165) is 38.8 Å². The lowest BCUT2D eigenvalue weighted by atomic mass is 10.1. The van der Waals surface area contributed by atoms with Crippen molar-refractivity contribution in [3.63, 3.8) is 0 Å². The Morgan fingerprint density at radius 3 is 2.74 bits per heavy atom. The molecule has 0 aromatic carbocycles. The highest BCUT2D eigenvalue weighted by Gasteiger charge is 2.29. The molecule has 7 heteroatoms. The molecular weight excluding hydrogens is 286 g/mol. The minimum absolute atomic E-state index is 0. The van der Waals surface area contributed by atoms with Crippen molar-refractivity contribution in [2.24, 2.45) is 5.92 Å². The number of piperidine rings is 1. The second-order valence-corrected chi connectivity index (χ2v) is 7.21. The van der Waals surface area contributed by atoms with Gasteiger partial charge in [-0.15, -0.1) is 12.4 Å². The highest BCUT2D eigenvalue weighted by molar-refractivity contribution is 7.87. The van der Waals surface area contributed by atoms with Crippen LogP contribution in [0.15, 0.2) is 0 Å². The van der Waals surface area contributed by atoms with Gasteiger partial charge in [0.05, 0.1) is 0 Å². The number of nitrogens with one attached hydrogen (secondary N) is 2. The Labute approximate surface area is 123 Å². The fourth-order valence-corrected chi connectivity index (χ4v) is 4.35. The van der Waals surface area contributed by atoms with Crippen LogP contribution >= 0.6 is 12.4 Å². The predicted molar refractivity (Wildman–Crippen MR) is 79.8 cm³/mol. The van der Waals surface area contributed by atoms with E-state index in [4.69, 9.17) is 0 Å². The van der Waals surface area contributed by atoms with Gasteiger partial charge in [0.1, 0.15) is 0 Å². The molecule has 0 radical (unpaired) electrons. The van der Waals surface area contributed by atoms with Gasteiger partial charge < -0.3 is 5.32 Å². The van der Waals surface area contributed by atoms with E-state index in [1.54, 1.807) is 4.31 Å². The monoisotopic (exact) mass is 311 g/mol. The Hall–Kier alpha value is 0.120. The molecule has 2 fully saturated rings. The Bertz CT molecular complexity index is 358. The van der Waals surface area contributed by atoms with E-state index >= 15 is 0 Å². The number of hydrogen-bond donors (Lipinski definition) is 2. The number of rotatable bonds is 5. The van der Waals surface area contributed by atoms with Gasteiger partial charge in [0.15, 0.2) is 0 Å². The molecule has 2 aliphatic rings. The summed E-state index contributed by atoms with van der Waals surface area (Å²) in [6.45, 7) is 5.33. The Balaban J connectivity index is 0.00000180. The van der Waals surface area contributed by atoms with Crippen LogP contribution in [0.2, 0.25) is 0 Å². The lowest BCUT2D eigenvalue weighted by Gasteiger charge is -2.32. The third kappa shape index (κ3) is 4.86. The van der Waals surface area contributed by atoms with Crippen molar-refractivity contribution in [2.75, 3.05) is 26.2 Å². The van der Waals surface area contributed by atoms with Crippen LogP contribution in [0.5, 0.6) is 0 Å². The number of hydrogen-bond acceptors (Lipinski definition) is 3. The minimum atomic E-state index is -3.26. The van der Waals surface area contributed by atoms with Gasteiger partial charge in [0, 0.05) is 19.1 Å². The molecule has 0 bridgehead atoms. The molecule has 19 heavy (non-hydrogen) atoms. The number of halogens is 1. The molecule has 0 amide bonds. The molecule has 0 saturated carbocycles. The fourth-order valence-electron chi connectivity index (χ4n) is 2.86. The topological polar surface area (TPSA) is 61.4 Å². The zero-order valence-corrected chi connectivity index (χ0v) is 13.2. The molecule has 2 N–H and O–H groups in total. The standard InChI is InChI=1S/C12H25N3O2S.ClH/c1-11-4-2-3-9-15(11)18(16,17)14-8-6-12-5-7-13-10-12;/h11-14H,2-10H2,1H3;1H. The summed E-state index contributed by atoms with van der Waals surface area (Å²) in [5, 5.41) is 3.30. The molecule has 0 aromatic heterocycles. The van der Waals surface area contributed by atoms with Gasteiger partial charge in [-0.1, -0.05) is 6.42 Å². The van der Waals surface area contributed by atoms with Gasteiger partial charge in [-0.05, 0) is 51.6 Å². The fraction of sp³-hybridized carbons (Fsp3) is 1.00. The minimum Gasteiger partial charge on any atom is -0.316 e. The molecule has 0 aromatic rings. The van der Waals surface area contributed by atoms with E-state index in [1.807, 2.05) is 6.92 Å². The van der Waals surface area contributed by atoms with Gasteiger partial charge in [0.25, 0.3) is 10.2 Å². The van der Waals surface area contributed by atoms with Crippen LogP contribution in [-0.4, -0.2) is 44.9 Å². The summed E-state index contributed by atoms with van der Waals surface area (Å²) in [4.78, 5) is 0. The van der Waals surface area contributed by atoms with Crippen LogP contribution in [0.3, 0.4) is 0 Å². The van der Waals surface area contributed by atoms with Crippen molar-refractivity contribution in [1.29, 1.82) is 0 Å². The van der Waals surface area contributed by atoms with Gasteiger partial charge >= 0.3 is 0 Å². The molecule has 2 heterocycles. The predicted octanol–water partition coefficient (Wildman–Crippen LogP) is 1.12. The first-order valence-electron chi connectivity index (χ1n) is 7.07. The van der Waals surface area contributed by atoms with Crippen LogP contribution in [0, 0.1) is 5.92 Å². The molecule has 2 saturated heterocycles. The lowest BCUT2D eigenvalue weighted by molar-refractivity contribution is 0.265.